The van der Waals surface area contributed by atoms with Crippen LogP contribution in [0.15, 0.2) is 4.99 Å². The molecule has 0 aliphatic rings. The predicted molar refractivity (Wildman–Crippen MR) is 106 cm³/mol. The number of nitrogens with one attached hydrogen (secondary N) is 4. The van der Waals surface area contributed by atoms with Crippen LogP contribution < -0.4 is 33.0 Å². The van der Waals surface area contributed by atoms with Crippen LogP contribution >= 0.6 is 0 Å². The van der Waals surface area contributed by atoms with E-state index in [1.165, 1.54) is 6.34 Å². The zero-order valence-electron chi connectivity index (χ0n) is 16.1. The van der Waals surface area contributed by atoms with Gasteiger partial charge in [-0.1, -0.05) is 12.8 Å². The van der Waals surface area contributed by atoms with Gasteiger partial charge in [-0.15, -0.1) is 0 Å². The first-order chi connectivity index (χ1) is 12.6. The van der Waals surface area contributed by atoms with E-state index in [1.54, 1.807) is 0 Å². The minimum absolute atomic E-state index is 0.216. The number of nitrogens with zero attached hydrogens (tertiary/aromatic N) is 1. The Bertz CT molecular complexity index is 389. The highest BCUT2D eigenvalue weighted by Crippen LogP contribution is 1.98. The van der Waals surface area contributed by atoms with E-state index in [2.05, 4.69) is 26.4 Å². The van der Waals surface area contributed by atoms with E-state index in [0.29, 0.717) is 13.1 Å². The fourth-order valence-corrected chi connectivity index (χ4v) is 2.19. The van der Waals surface area contributed by atoms with Crippen molar-refractivity contribution in [1.29, 1.82) is 0 Å². The largest absolute Gasteiger partial charge is 0.348 e. The van der Waals surface area contributed by atoms with Gasteiger partial charge in [0.2, 0.25) is 0 Å². The summed E-state index contributed by atoms with van der Waals surface area (Å²) in [7, 11) is 0. The van der Waals surface area contributed by atoms with E-state index in [4.69, 9.17) is 11.6 Å². The Labute approximate surface area is 157 Å². The van der Waals surface area contributed by atoms with Gasteiger partial charge in [-0.05, 0) is 52.1 Å². The predicted octanol–water partition coefficient (Wildman–Crippen LogP) is -0.622. The Morgan fingerprint density at radius 3 is 2.12 bits per heavy atom. The molecule has 8 N–H and O–H groups in total. The van der Waals surface area contributed by atoms with E-state index >= 15 is 0 Å². The van der Waals surface area contributed by atoms with Crippen LogP contribution in [-0.4, -0.2) is 56.9 Å². The average molecular weight is 372 g/mol. The van der Waals surface area contributed by atoms with Gasteiger partial charge in [0.1, 0.15) is 0 Å². The van der Waals surface area contributed by atoms with Crippen LogP contribution in [-0.2, 0) is 9.59 Å². The first-order valence-electron chi connectivity index (χ1n) is 9.54. The van der Waals surface area contributed by atoms with Gasteiger partial charge < -0.3 is 27.1 Å². The maximum atomic E-state index is 11.6. The molecule has 0 aromatic rings. The Balaban J connectivity index is 3.41. The van der Waals surface area contributed by atoms with Gasteiger partial charge in [-0.2, -0.15) is 0 Å². The standard InChI is InChI=1S/C17H37N7O2/c1-15(18)8-13-20-9-6-7-12-23-17(26)16(25)22-11-5-3-2-4-10-21-14-24-19/h14-15,20H,2-13,18-19H2,1H3,(H,21,24)(H,22,25)(H,23,26). The molecule has 1 unspecified atom stereocenters. The fraction of sp³-hybridized carbons (Fsp3) is 0.824. The molecule has 0 heterocycles. The maximum absolute atomic E-state index is 11.6. The van der Waals surface area contributed by atoms with Crippen molar-refractivity contribution in [3.63, 3.8) is 0 Å². The van der Waals surface area contributed by atoms with Crippen molar-refractivity contribution in [2.24, 2.45) is 16.6 Å². The molecule has 0 radical (unpaired) electrons. The van der Waals surface area contributed by atoms with Gasteiger partial charge in [0.25, 0.3) is 0 Å². The topological polar surface area (TPSA) is 147 Å². The first kappa shape index (κ1) is 24.3. The first-order valence-corrected chi connectivity index (χ1v) is 9.54. The second-order valence-electron chi connectivity index (χ2n) is 6.35. The number of hydrogen-bond donors (Lipinski definition) is 6. The van der Waals surface area contributed by atoms with Crippen LogP contribution in [0.25, 0.3) is 0 Å². The number of carbonyl (C=O) groups is 2. The Morgan fingerprint density at radius 2 is 1.50 bits per heavy atom. The Kier molecular flexibility index (Phi) is 16.9. The van der Waals surface area contributed by atoms with Crippen molar-refractivity contribution in [2.45, 2.75) is 57.9 Å². The van der Waals surface area contributed by atoms with Crippen molar-refractivity contribution >= 4 is 18.2 Å². The van der Waals surface area contributed by atoms with Crippen LogP contribution in [0.4, 0.5) is 0 Å². The molecule has 0 aliphatic heterocycles. The molecule has 0 saturated carbocycles. The lowest BCUT2D eigenvalue weighted by molar-refractivity contribution is -0.139. The van der Waals surface area contributed by atoms with Crippen molar-refractivity contribution in [2.75, 3.05) is 32.7 Å². The van der Waals surface area contributed by atoms with Crippen molar-refractivity contribution in [3.8, 4) is 0 Å². The third-order valence-corrected chi connectivity index (χ3v) is 3.71. The molecule has 152 valence electrons. The lowest BCUT2D eigenvalue weighted by Crippen LogP contribution is -2.40. The molecular formula is C17H37N7O2. The summed E-state index contributed by atoms with van der Waals surface area (Å²) >= 11 is 0. The smallest absolute Gasteiger partial charge is 0.309 e. The van der Waals surface area contributed by atoms with Crippen LogP contribution in [0.2, 0.25) is 0 Å². The number of unbranched alkanes of at least 4 members (excludes halogenated alkanes) is 4. The normalized spacial score (nSPS) is 12.1. The number of aliphatic imine (C=N–C) groups is 1. The molecule has 0 saturated heterocycles. The average Bonchev–Trinajstić information content (AvgIpc) is 2.61. The minimum atomic E-state index is -0.557. The van der Waals surface area contributed by atoms with E-state index in [-0.39, 0.29) is 6.04 Å². The second kappa shape index (κ2) is 18.1. The molecule has 9 nitrogen and oxygen atoms in total. The third-order valence-electron chi connectivity index (χ3n) is 3.71. The zero-order valence-corrected chi connectivity index (χ0v) is 16.1. The van der Waals surface area contributed by atoms with Gasteiger partial charge in [-0.25, -0.2) is 5.84 Å². The van der Waals surface area contributed by atoms with Crippen LogP contribution in [0.1, 0.15) is 51.9 Å². The number of amides is 2. The molecule has 0 aromatic carbocycles. The maximum Gasteiger partial charge on any atom is 0.309 e. The lowest BCUT2D eigenvalue weighted by atomic mass is 10.2. The summed E-state index contributed by atoms with van der Waals surface area (Å²) in [5.74, 6) is 3.94. The number of rotatable bonds is 16. The molecule has 26 heavy (non-hydrogen) atoms. The summed E-state index contributed by atoms with van der Waals surface area (Å²) in [6.07, 6.45) is 8.07. The molecule has 0 aliphatic carbocycles. The van der Waals surface area contributed by atoms with E-state index < -0.39 is 11.8 Å². The molecule has 9 heteroatoms. The number of hydrogen-bond acceptors (Lipinski definition) is 6. The summed E-state index contributed by atoms with van der Waals surface area (Å²) in [5, 5.41) is 8.58. The molecule has 1 atom stereocenters. The van der Waals surface area contributed by atoms with Crippen molar-refractivity contribution in [3.05, 3.63) is 0 Å². The third kappa shape index (κ3) is 17.1. The Hall–Kier alpha value is -1.71. The highest BCUT2D eigenvalue weighted by Gasteiger charge is 2.11. The fourth-order valence-electron chi connectivity index (χ4n) is 2.19. The Morgan fingerprint density at radius 1 is 0.923 bits per heavy atom. The molecule has 0 spiro atoms. The zero-order chi connectivity index (χ0) is 19.5. The van der Waals surface area contributed by atoms with Gasteiger partial charge in [0, 0.05) is 25.7 Å². The monoisotopic (exact) mass is 371 g/mol. The molecule has 0 aromatic heterocycles. The molecule has 0 fully saturated rings. The van der Waals surface area contributed by atoms with Gasteiger partial charge in [-0.3, -0.25) is 14.6 Å². The number of carbonyl (C=O) groups excluding carboxylic acids is 2. The van der Waals surface area contributed by atoms with Crippen LogP contribution in [0, 0.1) is 0 Å². The van der Waals surface area contributed by atoms with Crippen molar-refractivity contribution in [1.82, 2.24) is 21.4 Å². The van der Waals surface area contributed by atoms with Crippen LogP contribution in [0.3, 0.4) is 0 Å². The second-order valence-corrected chi connectivity index (χ2v) is 6.35. The van der Waals surface area contributed by atoms with Gasteiger partial charge in [0.05, 0.1) is 6.34 Å². The summed E-state index contributed by atoms with van der Waals surface area (Å²) in [6, 6.07) is 0.216. The molecule has 0 rings (SSSR count). The van der Waals surface area contributed by atoms with E-state index in [9.17, 15) is 9.59 Å². The lowest BCUT2D eigenvalue weighted by Gasteiger charge is -2.08. The van der Waals surface area contributed by atoms with Gasteiger partial charge in [0.15, 0.2) is 0 Å². The molecular weight excluding hydrogens is 334 g/mol. The van der Waals surface area contributed by atoms with E-state index in [0.717, 1.165) is 64.6 Å². The highest BCUT2D eigenvalue weighted by molar-refractivity contribution is 6.35. The summed E-state index contributed by atoms with van der Waals surface area (Å²) in [6.45, 7) is 5.55. The van der Waals surface area contributed by atoms with Gasteiger partial charge >= 0.3 is 11.8 Å². The molecule has 0 bridgehead atoms. The van der Waals surface area contributed by atoms with Crippen molar-refractivity contribution < 1.29 is 9.59 Å². The summed E-state index contributed by atoms with van der Waals surface area (Å²) in [5.41, 5.74) is 8.01. The SMILES string of the molecule is CC(N)CCNCCCCNC(=O)C(=O)NCCCCCCN=CNN. The molecule has 2 amide bonds. The van der Waals surface area contributed by atoms with E-state index in [1.807, 2.05) is 6.92 Å². The summed E-state index contributed by atoms with van der Waals surface area (Å²) < 4.78 is 0. The highest BCUT2D eigenvalue weighted by atomic mass is 16.2. The number of nitrogens with two attached hydrogens (primary N) is 2. The minimum Gasteiger partial charge on any atom is -0.348 e. The quantitative estimate of drug-likeness (QED) is 0.0532. The number of hydrazine groups is 1. The van der Waals surface area contributed by atoms with Crippen LogP contribution in [0.5, 0.6) is 0 Å². The summed E-state index contributed by atoms with van der Waals surface area (Å²) in [4.78, 5) is 27.3.